The van der Waals surface area contributed by atoms with E-state index in [1.54, 1.807) is 20.8 Å². The van der Waals surface area contributed by atoms with Gasteiger partial charge in [-0.2, -0.15) is 0 Å². The standard InChI is InChI=1S/C25H30N2O7/c1-24(2,3)34-22(28)21(26)25(17-7-5-4-6-8-17)15-13-20(14-16-25)33-23(29)32-19-11-9-18(10-12-19)27(30)31/h4-12,20-21H,13-16,26H2,1-3H3. The van der Waals surface area contributed by atoms with Crippen LogP contribution in [0.2, 0.25) is 0 Å². The van der Waals surface area contributed by atoms with E-state index in [9.17, 15) is 19.7 Å². The van der Waals surface area contributed by atoms with Crippen LogP contribution in [0.15, 0.2) is 54.6 Å². The van der Waals surface area contributed by atoms with Crippen LogP contribution in [0.1, 0.15) is 52.0 Å². The highest BCUT2D eigenvalue weighted by Gasteiger charge is 2.47. The normalized spacial score (nSPS) is 21.2. The molecule has 9 nitrogen and oxygen atoms in total. The Hall–Kier alpha value is -3.46. The van der Waals surface area contributed by atoms with E-state index in [0.717, 1.165) is 5.56 Å². The zero-order valence-electron chi connectivity index (χ0n) is 19.6. The molecule has 2 N–H and O–H groups in total. The molecule has 1 aliphatic carbocycles. The second-order valence-electron chi connectivity index (χ2n) is 9.45. The minimum absolute atomic E-state index is 0.105. The number of carbonyl (C=O) groups excluding carboxylic acids is 2. The monoisotopic (exact) mass is 470 g/mol. The first-order chi connectivity index (χ1) is 16.0. The molecule has 0 spiro atoms. The van der Waals surface area contributed by atoms with Crippen LogP contribution >= 0.6 is 0 Å². The quantitative estimate of drug-likeness (QED) is 0.279. The predicted molar refractivity (Wildman–Crippen MR) is 124 cm³/mol. The van der Waals surface area contributed by atoms with Crippen molar-refractivity contribution in [3.05, 3.63) is 70.3 Å². The summed E-state index contributed by atoms with van der Waals surface area (Å²) in [6, 6.07) is 13.9. The molecule has 1 saturated carbocycles. The van der Waals surface area contributed by atoms with E-state index in [2.05, 4.69) is 0 Å². The van der Waals surface area contributed by atoms with Gasteiger partial charge in [0, 0.05) is 17.5 Å². The number of non-ortho nitro benzene ring substituents is 1. The van der Waals surface area contributed by atoms with Crippen molar-refractivity contribution in [2.24, 2.45) is 5.73 Å². The zero-order chi connectivity index (χ0) is 24.9. The van der Waals surface area contributed by atoms with Crippen LogP contribution in [-0.4, -0.2) is 34.8 Å². The van der Waals surface area contributed by atoms with Crippen LogP contribution in [-0.2, 0) is 19.7 Å². The summed E-state index contributed by atoms with van der Waals surface area (Å²) in [5.74, 6) is -0.315. The third-order valence-electron chi connectivity index (χ3n) is 5.94. The fourth-order valence-electron chi connectivity index (χ4n) is 4.26. The second-order valence-corrected chi connectivity index (χ2v) is 9.45. The number of hydrogen-bond donors (Lipinski definition) is 1. The van der Waals surface area contributed by atoms with Crippen molar-refractivity contribution in [1.82, 2.24) is 0 Å². The fourth-order valence-corrected chi connectivity index (χ4v) is 4.26. The Labute approximate surface area is 198 Å². The van der Waals surface area contributed by atoms with Gasteiger partial charge in [-0.15, -0.1) is 0 Å². The number of nitrogens with zero attached hydrogens (tertiary/aromatic N) is 1. The number of benzene rings is 2. The maximum absolute atomic E-state index is 12.9. The Morgan fingerprint density at radius 3 is 2.18 bits per heavy atom. The molecule has 1 aliphatic rings. The van der Waals surface area contributed by atoms with Crippen molar-refractivity contribution >= 4 is 17.8 Å². The molecule has 0 aromatic heterocycles. The molecule has 1 atom stereocenters. The maximum Gasteiger partial charge on any atom is 0.514 e. The number of ether oxygens (including phenoxy) is 3. The summed E-state index contributed by atoms with van der Waals surface area (Å²) in [5.41, 5.74) is 6.03. The van der Waals surface area contributed by atoms with Gasteiger partial charge in [0.1, 0.15) is 23.5 Å². The minimum atomic E-state index is -0.887. The van der Waals surface area contributed by atoms with E-state index in [0.29, 0.717) is 25.7 Å². The molecule has 1 unspecified atom stereocenters. The minimum Gasteiger partial charge on any atom is -0.459 e. The molecule has 9 heteroatoms. The Kier molecular flexibility index (Phi) is 7.56. The van der Waals surface area contributed by atoms with Crippen LogP contribution in [0.25, 0.3) is 0 Å². The van der Waals surface area contributed by atoms with Crippen LogP contribution in [0.4, 0.5) is 10.5 Å². The SMILES string of the molecule is CC(C)(C)OC(=O)C(N)C1(c2ccccc2)CCC(OC(=O)Oc2ccc([N+](=O)[O-])cc2)CC1. The molecule has 2 aromatic rings. The topological polar surface area (TPSA) is 131 Å². The summed E-state index contributed by atoms with van der Waals surface area (Å²) in [6.45, 7) is 5.40. The first kappa shape index (κ1) is 25.2. The van der Waals surface area contributed by atoms with E-state index >= 15 is 0 Å². The lowest BCUT2D eigenvalue weighted by atomic mass is 9.64. The molecule has 0 heterocycles. The van der Waals surface area contributed by atoms with Crippen molar-refractivity contribution in [3.63, 3.8) is 0 Å². The van der Waals surface area contributed by atoms with Gasteiger partial charge in [0.05, 0.1) is 4.92 Å². The molecule has 0 amide bonds. The molecule has 0 bridgehead atoms. The van der Waals surface area contributed by atoms with E-state index in [-0.39, 0.29) is 11.4 Å². The van der Waals surface area contributed by atoms with Gasteiger partial charge in [0.25, 0.3) is 5.69 Å². The van der Waals surface area contributed by atoms with Gasteiger partial charge in [-0.3, -0.25) is 14.9 Å². The first-order valence-electron chi connectivity index (χ1n) is 11.2. The molecule has 2 aromatic carbocycles. The summed E-state index contributed by atoms with van der Waals surface area (Å²) in [6.07, 6.45) is 0.720. The average Bonchev–Trinajstić information content (AvgIpc) is 2.79. The van der Waals surface area contributed by atoms with E-state index in [4.69, 9.17) is 19.9 Å². The summed E-state index contributed by atoms with van der Waals surface area (Å²) >= 11 is 0. The first-order valence-corrected chi connectivity index (χ1v) is 11.2. The third kappa shape index (κ3) is 6.11. The van der Waals surface area contributed by atoms with Crippen molar-refractivity contribution in [2.45, 2.75) is 69.6 Å². The number of carbonyl (C=O) groups is 2. The van der Waals surface area contributed by atoms with Crippen molar-refractivity contribution < 1.29 is 28.7 Å². The van der Waals surface area contributed by atoms with Gasteiger partial charge in [-0.25, -0.2) is 4.79 Å². The smallest absolute Gasteiger partial charge is 0.459 e. The van der Waals surface area contributed by atoms with Crippen molar-refractivity contribution in [1.29, 1.82) is 0 Å². The van der Waals surface area contributed by atoms with Gasteiger partial charge in [-0.1, -0.05) is 30.3 Å². The molecule has 34 heavy (non-hydrogen) atoms. The molecule has 3 rings (SSSR count). The van der Waals surface area contributed by atoms with Gasteiger partial charge in [0.2, 0.25) is 0 Å². The summed E-state index contributed by atoms with van der Waals surface area (Å²) in [4.78, 5) is 35.3. The second kappa shape index (κ2) is 10.2. The molecule has 1 fully saturated rings. The number of nitrogens with two attached hydrogens (primary N) is 1. The van der Waals surface area contributed by atoms with Crippen LogP contribution in [0.5, 0.6) is 5.75 Å². The lowest BCUT2D eigenvalue weighted by Gasteiger charge is -2.43. The third-order valence-corrected chi connectivity index (χ3v) is 5.94. The van der Waals surface area contributed by atoms with Crippen molar-refractivity contribution in [3.8, 4) is 5.75 Å². The zero-order valence-corrected chi connectivity index (χ0v) is 19.6. The van der Waals surface area contributed by atoms with Gasteiger partial charge in [0.15, 0.2) is 0 Å². The summed E-state index contributed by atoms with van der Waals surface area (Å²) in [7, 11) is 0. The lowest BCUT2D eigenvalue weighted by molar-refractivity contribution is -0.384. The Morgan fingerprint density at radius 1 is 1.06 bits per heavy atom. The highest BCUT2D eigenvalue weighted by atomic mass is 16.7. The Balaban J connectivity index is 1.67. The van der Waals surface area contributed by atoms with Gasteiger partial charge >= 0.3 is 12.1 Å². The molecular formula is C25H30N2O7. The predicted octanol–water partition coefficient (Wildman–Crippen LogP) is 4.66. The van der Waals surface area contributed by atoms with Gasteiger partial charge < -0.3 is 19.9 Å². The molecule has 0 aliphatic heterocycles. The average molecular weight is 471 g/mol. The van der Waals surface area contributed by atoms with Gasteiger partial charge in [-0.05, 0) is 64.2 Å². The summed E-state index contributed by atoms with van der Waals surface area (Å²) in [5, 5.41) is 10.7. The summed E-state index contributed by atoms with van der Waals surface area (Å²) < 4.78 is 16.2. The molecule has 0 radical (unpaired) electrons. The van der Waals surface area contributed by atoms with E-state index in [1.807, 2.05) is 30.3 Å². The molecule has 0 saturated heterocycles. The largest absolute Gasteiger partial charge is 0.514 e. The number of hydrogen-bond acceptors (Lipinski definition) is 8. The Morgan fingerprint density at radius 2 is 1.65 bits per heavy atom. The van der Waals surface area contributed by atoms with E-state index < -0.39 is 40.2 Å². The Bertz CT molecular complexity index is 1010. The highest BCUT2D eigenvalue weighted by Crippen LogP contribution is 2.43. The number of nitro benzene ring substituents is 1. The van der Waals surface area contributed by atoms with Crippen molar-refractivity contribution in [2.75, 3.05) is 0 Å². The maximum atomic E-state index is 12.9. The lowest BCUT2D eigenvalue weighted by Crippen LogP contribution is -2.54. The number of nitro groups is 1. The van der Waals surface area contributed by atoms with Crippen LogP contribution < -0.4 is 10.5 Å². The van der Waals surface area contributed by atoms with Crippen LogP contribution in [0.3, 0.4) is 0 Å². The highest BCUT2D eigenvalue weighted by molar-refractivity contribution is 5.78. The molecular weight excluding hydrogens is 440 g/mol. The van der Waals surface area contributed by atoms with E-state index in [1.165, 1.54) is 24.3 Å². The number of esters is 1. The molecule has 182 valence electrons. The number of rotatable bonds is 6. The van der Waals surface area contributed by atoms with Crippen LogP contribution in [0, 0.1) is 10.1 Å². The fraction of sp³-hybridized carbons (Fsp3) is 0.440.